The van der Waals surface area contributed by atoms with E-state index in [0.29, 0.717) is 5.02 Å². The molecule has 1 atom stereocenters. The van der Waals surface area contributed by atoms with Gasteiger partial charge in [-0.15, -0.1) is 0 Å². The van der Waals surface area contributed by atoms with Crippen molar-refractivity contribution in [2.24, 2.45) is 0 Å². The molecular weight excluding hydrogens is 262 g/mol. The van der Waals surface area contributed by atoms with E-state index in [0.717, 1.165) is 37.2 Å². The highest BCUT2D eigenvalue weighted by Gasteiger charge is 2.23. The molecule has 1 saturated heterocycles. The number of piperidine rings is 1. The van der Waals surface area contributed by atoms with Crippen LogP contribution in [0, 0.1) is 6.92 Å². The second kappa shape index (κ2) is 6.29. The van der Waals surface area contributed by atoms with E-state index in [9.17, 15) is 4.79 Å². The zero-order chi connectivity index (χ0) is 13.8. The highest BCUT2D eigenvalue weighted by atomic mass is 35.5. The summed E-state index contributed by atoms with van der Waals surface area (Å²) in [6.07, 6.45) is 2.96. The summed E-state index contributed by atoms with van der Waals surface area (Å²) in [6.45, 7) is 5.45. The molecule has 3 nitrogen and oxygen atoms in total. The van der Waals surface area contributed by atoms with Crippen molar-refractivity contribution in [1.82, 2.24) is 4.90 Å². The standard InChI is InChI=1S/C15H20ClNO2/c1-11-10-13(16)6-7-14(11)19-12(2)15(18)17-8-4-3-5-9-17/h6-7,10,12H,3-5,8-9H2,1-2H3/t12-/m1/s1. The number of nitrogens with zero attached hydrogens (tertiary/aromatic N) is 1. The maximum Gasteiger partial charge on any atom is 0.263 e. The van der Waals surface area contributed by atoms with Crippen LogP contribution in [0.25, 0.3) is 0 Å². The first-order valence-electron chi connectivity index (χ1n) is 6.79. The Morgan fingerprint density at radius 3 is 2.63 bits per heavy atom. The first-order chi connectivity index (χ1) is 9.08. The number of aryl methyl sites for hydroxylation is 1. The maximum atomic E-state index is 12.3. The second-order valence-corrected chi connectivity index (χ2v) is 5.49. The summed E-state index contributed by atoms with van der Waals surface area (Å²) in [6, 6.07) is 5.44. The molecule has 0 radical (unpaired) electrons. The van der Waals surface area contributed by atoms with Crippen molar-refractivity contribution in [3.63, 3.8) is 0 Å². The van der Waals surface area contributed by atoms with Crippen molar-refractivity contribution >= 4 is 17.5 Å². The number of carbonyl (C=O) groups excluding carboxylic acids is 1. The van der Waals surface area contributed by atoms with Crippen molar-refractivity contribution in [3.05, 3.63) is 28.8 Å². The first kappa shape index (κ1) is 14.2. The largest absolute Gasteiger partial charge is 0.481 e. The molecule has 0 bridgehead atoms. The average molecular weight is 282 g/mol. The molecule has 1 aliphatic heterocycles. The lowest BCUT2D eigenvalue weighted by Crippen LogP contribution is -2.43. The van der Waals surface area contributed by atoms with Gasteiger partial charge in [0.25, 0.3) is 5.91 Å². The molecule has 0 unspecified atom stereocenters. The number of rotatable bonds is 3. The monoisotopic (exact) mass is 281 g/mol. The molecule has 0 saturated carbocycles. The van der Waals surface area contributed by atoms with Gasteiger partial charge in [-0.1, -0.05) is 11.6 Å². The van der Waals surface area contributed by atoms with Gasteiger partial charge in [0.15, 0.2) is 6.10 Å². The Labute approximate surface area is 119 Å². The van der Waals surface area contributed by atoms with Gasteiger partial charge in [-0.2, -0.15) is 0 Å². The number of hydrogen-bond donors (Lipinski definition) is 0. The van der Waals surface area contributed by atoms with E-state index in [1.165, 1.54) is 6.42 Å². The maximum absolute atomic E-state index is 12.3. The van der Waals surface area contributed by atoms with Gasteiger partial charge >= 0.3 is 0 Å². The number of benzene rings is 1. The van der Waals surface area contributed by atoms with Crippen molar-refractivity contribution in [2.45, 2.75) is 39.2 Å². The van der Waals surface area contributed by atoms with Crippen LogP contribution in [0.15, 0.2) is 18.2 Å². The van der Waals surface area contributed by atoms with Crippen LogP contribution in [0.2, 0.25) is 5.02 Å². The van der Waals surface area contributed by atoms with Crippen LogP contribution < -0.4 is 4.74 Å². The molecule has 19 heavy (non-hydrogen) atoms. The zero-order valence-electron chi connectivity index (χ0n) is 11.5. The van der Waals surface area contributed by atoms with Gasteiger partial charge in [0, 0.05) is 18.1 Å². The molecule has 0 aromatic heterocycles. The molecule has 1 amide bonds. The number of likely N-dealkylation sites (tertiary alicyclic amines) is 1. The fourth-order valence-corrected chi connectivity index (χ4v) is 2.58. The van der Waals surface area contributed by atoms with Crippen LogP contribution in [0.1, 0.15) is 31.7 Å². The number of hydrogen-bond acceptors (Lipinski definition) is 2. The lowest BCUT2D eigenvalue weighted by molar-refractivity contribution is -0.138. The van der Waals surface area contributed by atoms with Crippen LogP contribution in [0.4, 0.5) is 0 Å². The molecule has 1 aromatic carbocycles. The second-order valence-electron chi connectivity index (χ2n) is 5.06. The summed E-state index contributed by atoms with van der Waals surface area (Å²) in [5, 5.41) is 0.680. The fourth-order valence-electron chi connectivity index (χ4n) is 2.36. The van der Waals surface area contributed by atoms with E-state index in [1.54, 1.807) is 6.07 Å². The molecule has 104 valence electrons. The van der Waals surface area contributed by atoms with Gasteiger partial charge in [-0.3, -0.25) is 4.79 Å². The number of ether oxygens (including phenoxy) is 1. The minimum absolute atomic E-state index is 0.0778. The molecule has 2 rings (SSSR count). The molecule has 1 fully saturated rings. The Balaban J connectivity index is 1.99. The summed E-state index contributed by atoms with van der Waals surface area (Å²) in [5.41, 5.74) is 0.950. The zero-order valence-corrected chi connectivity index (χ0v) is 12.2. The van der Waals surface area contributed by atoms with Gasteiger partial charge in [0.2, 0.25) is 0 Å². The average Bonchev–Trinajstić information content (AvgIpc) is 2.42. The summed E-state index contributed by atoms with van der Waals surface area (Å²) in [4.78, 5) is 14.2. The van der Waals surface area contributed by atoms with Crippen LogP contribution in [0.5, 0.6) is 5.75 Å². The highest BCUT2D eigenvalue weighted by Crippen LogP contribution is 2.23. The van der Waals surface area contributed by atoms with Gasteiger partial charge in [0.05, 0.1) is 0 Å². The Kier molecular flexibility index (Phi) is 4.70. The first-order valence-corrected chi connectivity index (χ1v) is 7.17. The van der Waals surface area contributed by atoms with Crippen molar-refractivity contribution < 1.29 is 9.53 Å². The van der Waals surface area contributed by atoms with Crippen LogP contribution in [-0.4, -0.2) is 30.0 Å². The quantitative estimate of drug-likeness (QED) is 0.849. The van der Waals surface area contributed by atoms with Crippen molar-refractivity contribution in [2.75, 3.05) is 13.1 Å². The third kappa shape index (κ3) is 3.63. The molecule has 1 aliphatic rings. The third-order valence-corrected chi connectivity index (χ3v) is 3.69. The molecule has 4 heteroatoms. The molecule has 1 aromatic rings. The van der Waals surface area contributed by atoms with Gasteiger partial charge in [-0.25, -0.2) is 0 Å². The fraction of sp³-hybridized carbons (Fsp3) is 0.533. The van der Waals surface area contributed by atoms with Crippen LogP contribution >= 0.6 is 11.6 Å². The van der Waals surface area contributed by atoms with Gasteiger partial charge in [-0.05, 0) is 56.9 Å². The minimum Gasteiger partial charge on any atom is -0.481 e. The lowest BCUT2D eigenvalue weighted by Gasteiger charge is -2.29. The SMILES string of the molecule is Cc1cc(Cl)ccc1O[C@H](C)C(=O)N1CCCCC1. The smallest absolute Gasteiger partial charge is 0.263 e. The van der Waals surface area contributed by atoms with E-state index < -0.39 is 6.10 Å². The van der Waals surface area contributed by atoms with E-state index in [1.807, 2.05) is 30.9 Å². The molecule has 0 spiro atoms. The van der Waals surface area contributed by atoms with Gasteiger partial charge in [0.1, 0.15) is 5.75 Å². The number of amides is 1. The summed E-state index contributed by atoms with van der Waals surface area (Å²) < 4.78 is 5.77. The van der Waals surface area contributed by atoms with Crippen LogP contribution in [0.3, 0.4) is 0 Å². The molecule has 0 aliphatic carbocycles. The summed E-state index contributed by atoms with van der Waals surface area (Å²) >= 11 is 5.91. The Morgan fingerprint density at radius 2 is 2.00 bits per heavy atom. The highest BCUT2D eigenvalue weighted by molar-refractivity contribution is 6.30. The topological polar surface area (TPSA) is 29.5 Å². The predicted molar refractivity (Wildman–Crippen MR) is 76.7 cm³/mol. The predicted octanol–water partition coefficient (Wildman–Crippen LogP) is 3.43. The minimum atomic E-state index is -0.446. The Morgan fingerprint density at radius 1 is 1.32 bits per heavy atom. The van der Waals surface area contributed by atoms with E-state index in [2.05, 4.69) is 0 Å². The summed E-state index contributed by atoms with van der Waals surface area (Å²) in [7, 11) is 0. The summed E-state index contributed by atoms with van der Waals surface area (Å²) in [5.74, 6) is 0.802. The van der Waals surface area contributed by atoms with E-state index in [-0.39, 0.29) is 5.91 Å². The lowest BCUT2D eigenvalue weighted by atomic mass is 10.1. The van der Waals surface area contributed by atoms with E-state index >= 15 is 0 Å². The van der Waals surface area contributed by atoms with Crippen LogP contribution in [-0.2, 0) is 4.79 Å². The number of halogens is 1. The number of carbonyl (C=O) groups is 1. The van der Waals surface area contributed by atoms with Gasteiger partial charge < -0.3 is 9.64 Å². The van der Waals surface area contributed by atoms with E-state index in [4.69, 9.17) is 16.3 Å². The Bertz CT molecular complexity index is 455. The molecule has 1 heterocycles. The Hall–Kier alpha value is -1.22. The normalized spacial score (nSPS) is 17.1. The third-order valence-electron chi connectivity index (χ3n) is 3.46. The molecular formula is C15H20ClNO2. The molecule has 0 N–H and O–H groups in total. The van der Waals surface area contributed by atoms with Crippen molar-refractivity contribution in [1.29, 1.82) is 0 Å². The van der Waals surface area contributed by atoms with Crippen molar-refractivity contribution in [3.8, 4) is 5.75 Å².